The van der Waals surface area contributed by atoms with Crippen molar-refractivity contribution in [3.05, 3.63) is 60.2 Å². The summed E-state index contributed by atoms with van der Waals surface area (Å²) in [4.78, 5) is 2.42. The molecule has 25 heavy (non-hydrogen) atoms. The van der Waals surface area contributed by atoms with Crippen LogP contribution >= 0.6 is 0 Å². The minimum Gasteiger partial charge on any atom is -0.490 e. The standard InChI is InChI=1S/C21H30N2O2/c1-3-23(4-2)15-14-22-18-19-10-12-21(13-11-19)25-17-16-24-20-8-6-5-7-9-20/h5-13,22H,3-4,14-18H2,1-2H3. The molecular formula is C21H30N2O2. The summed E-state index contributed by atoms with van der Waals surface area (Å²) in [6.07, 6.45) is 0. The van der Waals surface area contributed by atoms with Crippen LogP contribution in [0.5, 0.6) is 11.5 Å². The van der Waals surface area contributed by atoms with E-state index in [1.54, 1.807) is 0 Å². The highest BCUT2D eigenvalue weighted by atomic mass is 16.5. The quantitative estimate of drug-likeness (QED) is 0.598. The molecule has 2 aromatic rings. The van der Waals surface area contributed by atoms with Gasteiger partial charge in [-0.25, -0.2) is 0 Å². The van der Waals surface area contributed by atoms with Crippen molar-refractivity contribution in [1.82, 2.24) is 10.2 Å². The third-order valence-electron chi connectivity index (χ3n) is 4.12. The normalized spacial score (nSPS) is 10.8. The van der Waals surface area contributed by atoms with Crippen LogP contribution in [0.2, 0.25) is 0 Å². The number of para-hydroxylation sites is 1. The van der Waals surface area contributed by atoms with E-state index < -0.39 is 0 Å². The fourth-order valence-electron chi connectivity index (χ4n) is 2.55. The number of ether oxygens (including phenoxy) is 2. The van der Waals surface area contributed by atoms with Gasteiger partial charge in [-0.05, 0) is 42.9 Å². The van der Waals surface area contributed by atoms with Gasteiger partial charge in [0.15, 0.2) is 0 Å². The molecule has 2 rings (SSSR count). The number of likely N-dealkylation sites (N-methyl/N-ethyl adjacent to an activating group) is 1. The molecule has 136 valence electrons. The summed E-state index contributed by atoms with van der Waals surface area (Å²) in [6, 6.07) is 18.0. The van der Waals surface area contributed by atoms with Crippen LogP contribution in [0.1, 0.15) is 19.4 Å². The maximum atomic E-state index is 5.72. The first-order chi connectivity index (χ1) is 12.3. The van der Waals surface area contributed by atoms with E-state index in [0.717, 1.165) is 44.2 Å². The molecule has 0 spiro atoms. The van der Waals surface area contributed by atoms with E-state index in [0.29, 0.717) is 13.2 Å². The summed E-state index contributed by atoms with van der Waals surface area (Å²) >= 11 is 0. The Kier molecular flexibility index (Phi) is 8.87. The van der Waals surface area contributed by atoms with Gasteiger partial charge in [-0.2, -0.15) is 0 Å². The molecule has 0 amide bonds. The molecule has 0 aliphatic heterocycles. The van der Waals surface area contributed by atoms with Crippen LogP contribution in [0.15, 0.2) is 54.6 Å². The lowest BCUT2D eigenvalue weighted by atomic mass is 10.2. The molecule has 0 radical (unpaired) electrons. The topological polar surface area (TPSA) is 33.7 Å². The van der Waals surface area contributed by atoms with E-state index in [2.05, 4.69) is 36.2 Å². The van der Waals surface area contributed by atoms with Gasteiger partial charge in [-0.15, -0.1) is 0 Å². The smallest absolute Gasteiger partial charge is 0.122 e. The Morgan fingerprint density at radius 3 is 2.00 bits per heavy atom. The Bertz CT molecular complexity index is 568. The lowest BCUT2D eigenvalue weighted by Gasteiger charge is -2.18. The second-order valence-electron chi connectivity index (χ2n) is 5.86. The number of rotatable bonds is 12. The van der Waals surface area contributed by atoms with E-state index in [1.165, 1.54) is 5.56 Å². The maximum Gasteiger partial charge on any atom is 0.122 e. The molecule has 1 N–H and O–H groups in total. The fraction of sp³-hybridized carbons (Fsp3) is 0.429. The zero-order chi connectivity index (χ0) is 17.7. The Balaban J connectivity index is 1.61. The average molecular weight is 342 g/mol. The molecule has 0 fully saturated rings. The van der Waals surface area contributed by atoms with Crippen molar-refractivity contribution in [1.29, 1.82) is 0 Å². The van der Waals surface area contributed by atoms with Gasteiger partial charge in [0.25, 0.3) is 0 Å². The van der Waals surface area contributed by atoms with Gasteiger partial charge >= 0.3 is 0 Å². The highest BCUT2D eigenvalue weighted by Gasteiger charge is 1.99. The number of benzene rings is 2. The Morgan fingerprint density at radius 1 is 0.800 bits per heavy atom. The van der Waals surface area contributed by atoms with E-state index in [-0.39, 0.29) is 0 Å². The predicted octanol–water partition coefficient (Wildman–Crippen LogP) is 3.58. The summed E-state index contributed by atoms with van der Waals surface area (Å²) in [5, 5.41) is 3.49. The van der Waals surface area contributed by atoms with Crippen LogP contribution in [0.3, 0.4) is 0 Å². The summed E-state index contributed by atoms with van der Waals surface area (Å²) in [6.45, 7) is 10.7. The van der Waals surface area contributed by atoms with Crippen LogP contribution in [-0.2, 0) is 6.54 Å². The number of hydrogen-bond donors (Lipinski definition) is 1. The Morgan fingerprint density at radius 2 is 1.40 bits per heavy atom. The fourth-order valence-corrected chi connectivity index (χ4v) is 2.55. The first-order valence-corrected chi connectivity index (χ1v) is 9.14. The largest absolute Gasteiger partial charge is 0.490 e. The van der Waals surface area contributed by atoms with Crippen LogP contribution in [0, 0.1) is 0 Å². The minimum atomic E-state index is 0.538. The Hall–Kier alpha value is -2.04. The lowest BCUT2D eigenvalue weighted by Crippen LogP contribution is -2.31. The summed E-state index contributed by atoms with van der Waals surface area (Å²) in [5.41, 5.74) is 1.27. The molecule has 4 nitrogen and oxygen atoms in total. The van der Waals surface area contributed by atoms with Crippen LogP contribution in [-0.4, -0.2) is 44.3 Å². The molecule has 0 atom stereocenters. The molecule has 0 saturated carbocycles. The van der Waals surface area contributed by atoms with Gasteiger partial charge in [-0.3, -0.25) is 0 Å². The first-order valence-electron chi connectivity index (χ1n) is 9.14. The van der Waals surface area contributed by atoms with Crippen molar-refractivity contribution in [2.24, 2.45) is 0 Å². The molecule has 0 aromatic heterocycles. The second-order valence-corrected chi connectivity index (χ2v) is 5.86. The van der Waals surface area contributed by atoms with Crippen molar-refractivity contribution in [2.75, 3.05) is 39.4 Å². The summed E-state index contributed by atoms with van der Waals surface area (Å²) in [5.74, 6) is 1.75. The van der Waals surface area contributed by atoms with E-state index >= 15 is 0 Å². The summed E-state index contributed by atoms with van der Waals surface area (Å²) in [7, 11) is 0. The average Bonchev–Trinajstić information content (AvgIpc) is 2.67. The zero-order valence-corrected chi connectivity index (χ0v) is 15.4. The SMILES string of the molecule is CCN(CC)CCNCc1ccc(OCCOc2ccccc2)cc1. The van der Waals surface area contributed by atoms with Crippen molar-refractivity contribution in [3.8, 4) is 11.5 Å². The Labute approximate surface area is 151 Å². The molecule has 0 heterocycles. The van der Waals surface area contributed by atoms with Crippen molar-refractivity contribution < 1.29 is 9.47 Å². The second kappa shape index (κ2) is 11.5. The molecule has 0 bridgehead atoms. The number of nitrogens with one attached hydrogen (secondary N) is 1. The number of nitrogens with zero attached hydrogens (tertiary/aromatic N) is 1. The van der Waals surface area contributed by atoms with Gasteiger partial charge in [0.2, 0.25) is 0 Å². The van der Waals surface area contributed by atoms with Crippen molar-refractivity contribution in [2.45, 2.75) is 20.4 Å². The molecule has 0 aliphatic rings. The van der Waals surface area contributed by atoms with Gasteiger partial charge in [-0.1, -0.05) is 44.2 Å². The van der Waals surface area contributed by atoms with Crippen LogP contribution in [0.4, 0.5) is 0 Å². The minimum absolute atomic E-state index is 0.538. The van der Waals surface area contributed by atoms with E-state index in [9.17, 15) is 0 Å². The highest BCUT2D eigenvalue weighted by Crippen LogP contribution is 2.12. The number of hydrogen-bond acceptors (Lipinski definition) is 4. The van der Waals surface area contributed by atoms with Crippen molar-refractivity contribution >= 4 is 0 Å². The van der Waals surface area contributed by atoms with E-state index in [4.69, 9.17) is 9.47 Å². The van der Waals surface area contributed by atoms with Crippen LogP contribution in [0.25, 0.3) is 0 Å². The molecule has 0 saturated heterocycles. The van der Waals surface area contributed by atoms with Gasteiger partial charge in [0, 0.05) is 19.6 Å². The molecule has 0 unspecified atom stereocenters. The van der Waals surface area contributed by atoms with Crippen molar-refractivity contribution in [3.63, 3.8) is 0 Å². The van der Waals surface area contributed by atoms with Gasteiger partial charge in [0.1, 0.15) is 24.7 Å². The predicted molar refractivity (Wildman–Crippen MR) is 103 cm³/mol. The first kappa shape index (κ1) is 19.3. The molecule has 2 aromatic carbocycles. The van der Waals surface area contributed by atoms with Crippen LogP contribution < -0.4 is 14.8 Å². The molecule has 0 aliphatic carbocycles. The van der Waals surface area contributed by atoms with Gasteiger partial charge in [0.05, 0.1) is 0 Å². The zero-order valence-electron chi connectivity index (χ0n) is 15.4. The monoisotopic (exact) mass is 342 g/mol. The highest BCUT2D eigenvalue weighted by molar-refractivity contribution is 5.27. The third kappa shape index (κ3) is 7.59. The maximum absolute atomic E-state index is 5.72. The summed E-state index contributed by atoms with van der Waals surface area (Å²) < 4.78 is 11.3. The van der Waals surface area contributed by atoms with Gasteiger partial charge < -0.3 is 19.7 Å². The molecule has 4 heteroatoms. The lowest BCUT2D eigenvalue weighted by molar-refractivity contribution is 0.217. The molecular weight excluding hydrogens is 312 g/mol. The third-order valence-corrected chi connectivity index (χ3v) is 4.12. The van der Waals surface area contributed by atoms with E-state index in [1.807, 2.05) is 42.5 Å².